The van der Waals surface area contributed by atoms with E-state index < -0.39 is 0 Å². The molecule has 0 aliphatic rings. The lowest BCUT2D eigenvalue weighted by atomic mass is 10.1. The number of halogens is 1. The summed E-state index contributed by atoms with van der Waals surface area (Å²) in [6.45, 7) is 0. The molecule has 0 saturated carbocycles. The Kier molecular flexibility index (Phi) is 2.40. The van der Waals surface area contributed by atoms with Crippen LogP contribution < -0.4 is 5.73 Å². The average molecular weight is 222 g/mol. The molecule has 0 aliphatic carbocycles. The number of amidine groups is 1. The van der Waals surface area contributed by atoms with Gasteiger partial charge in [-0.1, -0.05) is 17.7 Å². The number of nitrogens with zero attached hydrogens (tertiary/aromatic N) is 1. The van der Waals surface area contributed by atoms with Gasteiger partial charge in [0.15, 0.2) is 0 Å². The first-order valence-electron chi connectivity index (χ1n) is 4.64. The molecule has 0 radical (unpaired) electrons. The second kappa shape index (κ2) is 3.59. The Balaban J connectivity index is 2.62. The first kappa shape index (κ1) is 10.1. The lowest BCUT2D eigenvalue weighted by Crippen LogP contribution is -2.12. The zero-order chi connectivity index (χ0) is 11.0. The van der Waals surface area contributed by atoms with Gasteiger partial charge >= 0.3 is 0 Å². The Morgan fingerprint density at radius 2 is 2.27 bits per heavy atom. The second-order valence-electron chi connectivity index (χ2n) is 3.63. The molecule has 1 heterocycles. The predicted octanol–water partition coefficient (Wildman–Crippen LogP) is 2.31. The summed E-state index contributed by atoms with van der Waals surface area (Å²) in [6.07, 6.45) is 2.47. The molecular formula is C11H12ClN3. The van der Waals surface area contributed by atoms with E-state index in [-0.39, 0.29) is 5.84 Å². The van der Waals surface area contributed by atoms with Crippen LogP contribution in [-0.2, 0) is 13.5 Å². The lowest BCUT2D eigenvalue weighted by molar-refractivity contribution is 0.961. The van der Waals surface area contributed by atoms with Crippen molar-refractivity contribution < 1.29 is 0 Å². The van der Waals surface area contributed by atoms with Crippen molar-refractivity contribution in [3.8, 4) is 0 Å². The molecule has 15 heavy (non-hydrogen) atoms. The normalized spacial score (nSPS) is 10.8. The van der Waals surface area contributed by atoms with Crippen molar-refractivity contribution in [2.45, 2.75) is 6.42 Å². The molecule has 0 amide bonds. The number of nitrogens with one attached hydrogen (secondary N) is 1. The average Bonchev–Trinajstić information content (AvgIpc) is 2.42. The van der Waals surface area contributed by atoms with E-state index in [4.69, 9.17) is 22.7 Å². The number of benzene rings is 1. The monoisotopic (exact) mass is 221 g/mol. The molecule has 0 unspecified atom stereocenters. The maximum absolute atomic E-state index is 7.30. The van der Waals surface area contributed by atoms with Gasteiger partial charge in [-0.15, -0.1) is 0 Å². The van der Waals surface area contributed by atoms with Crippen LogP contribution in [0.2, 0.25) is 5.02 Å². The Labute approximate surface area is 93.0 Å². The molecule has 3 N–H and O–H groups in total. The fourth-order valence-electron chi connectivity index (χ4n) is 1.79. The van der Waals surface area contributed by atoms with Crippen LogP contribution in [0.4, 0.5) is 0 Å². The van der Waals surface area contributed by atoms with Gasteiger partial charge in [0.1, 0.15) is 0 Å². The summed E-state index contributed by atoms with van der Waals surface area (Å²) in [7, 11) is 1.96. The van der Waals surface area contributed by atoms with Crippen molar-refractivity contribution in [3.63, 3.8) is 0 Å². The molecule has 0 atom stereocenters. The molecule has 0 aliphatic heterocycles. The SMILES string of the molecule is Cn1cc(CC(=N)N)c2ccc(Cl)cc21. The van der Waals surface area contributed by atoms with Crippen molar-refractivity contribution in [1.29, 1.82) is 5.41 Å². The second-order valence-corrected chi connectivity index (χ2v) is 4.07. The topological polar surface area (TPSA) is 54.8 Å². The molecule has 1 aromatic carbocycles. The number of nitrogens with two attached hydrogens (primary N) is 1. The van der Waals surface area contributed by atoms with Crippen LogP contribution in [0.5, 0.6) is 0 Å². The summed E-state index contributed by atoms with van der Waals surface area (Å²) in [5.41, 5.74) is 7.54. The fraction of sp³-hybridized carbons (Fsp3) is 0.182. The molecule has 0 bridgehead atoms. The van der Waals surface area contributed by atoms with Crippen molar-refractivity contribution in [2.24, 2.45) is 12.8 Å². The van der Waals surface area contributed by atoms with E-state index in [0.29, 0.717) is 6.42 Å². The molecule has 3 nitrogen and oxygen atoms in total. The Morgan fingerprint density at radius 1 is 1.53 bits per heavy atom. The van der Waals surface area contributed by atoms with E-state index in [1.807, 2.05) is 36.0 Å². The third-order valence-corrected chi connectivity index (χ3v) is 2.65. The van der Waals surface area contributed by atoms with Crippen LogP contribution in [0.3, 0.4) is 0 Å². The van der Waals surface area contributed by atoms with Gasteiger partial charge in [0.25, 0.3) is 0 Å². The third kappa shape index (κ3) is 1.83. The number of aromatic nitrogens is 1. The number of rotatable bonds is 2. The van der Waals surface area contributed by atoms with E-state index in [1.165, 1.54) is 0 Å². The van der Waals surface area contributed by atoms with Gasteiger partial charge in [-0.3, -0.25) is 5.41 Å². The summed E-state index contributed by atoms with van der Waals surface area (Å²) in [5, 5.41) is 9.13. The molecule has 2 rings (SSSR count). The van der Waals surface area contributed by atoms with Crippen LogP contribution >= 0.6 is 11.6 Å². The van der Waals surface area contributed by atoms with E-state index in [0.717, 1.165) is 21.5 Å². The largest absolute Gasteiger partial charge is 0.387 e. The minimum Gasteiger partial charge on any atom is -0.387 e. The smallest absolute Gasteiger partial charge is 0.0950 e. The van der Waals surface area contributed by atoms with Gasteiger partial charge in [-0.05, 0) is 17.7 Å². The molecular weight excluding hydrogens is 210 g/mol. The number of hydrogen-bond donors (Lipinski definition) is 2. The highest BCUT2D eigenvalue weighted by molar-refractivity contribution is 6.31. The van der Waals surface area contributed by atoms with Crippen molar-refractivity contribution in [1.82, 2.24) is 4.57 Å². The Bertz CT molecular complexity index is 528. The summed E-state index contributed by atoms with van der Waals surface area (Å²) in [4.78, 5) is 0. The van der Waals surface area contributed by atoms with Gasteiger partial charge in [-0.25, -0.2) is 0 Å². The van der Waals surface area contributed by atoms with Crippen LogP contribution in [0.15, 0.2) is 24.4 Å². The first-order chi connectivity index (χ1) is 7.08. The van der Waals surface area contributed by atoms with Gasteiger partial charge in [-0.2, -0.15) is 0 Å². The van der Waals surface area contributed by atoms with E-state index in [9.17, 15) is 0 Å². The molecule has 78 valence electrons. The van der Waals surface area contributed by atoms with Gasteiger partial charge < -0.3 is 10.3 Å². The van der Waals surface area contributed by atoms with Crippen molar-refractivity contribution in [3.05, 3.63) is 35.0 Å². The summed E-state index contributed by atoms with van der Waals surface area (Å²) < 4.78 is 2.00. The van der Waals surface area contributed by atoms with Crippen molar-refractivity contribution >= 4 is 28.3 Å². The minimum atomic E-state index is 0.178. The van der Waals surface area contributed by atoms with Crippen LogP contribution in [0.25, 0.3) is 10.9 Å². The Morgan fingerprint density at radius 3 is 2.93 bits per heavy atom. The molecule has 0 fully saturated rings. The molecule has 0 spiro atoms. The van der Waals surface area contributed by atoms with Crippen LogP contribution in [0, 0.1) is 5.41 Å². The highest BCUT2D eigenvalue weighted by Crippen LogP contribution is 2.24. The maximum Gasteiger partial charge on any atom is 0.0950 e. The lowest BCUT2D eigenvalue weighted by Gasteiger charge is -1.97. The van der Waals surface area contributed by atoms with Gasteiger partial charge in [0.2, 0.25) is 0 Å². The number of hydrogen-bond acceptors (Lipinski definition) is 1. The minimum absolute atomic E-state index is 0.178. The van der Waals surface area contributed by atoms with Crippen molar-refractivity contribution in [2.75, 3.05) is 0 Å². The molecule has 2 aromatic rings. The zero-order valence-corrected chi connectivity index (χ0v) is 9.17. The summed E-state index contributed by atoms with van der Waals surface area (Å²) >= 11 is 5.93. The van der Waals surface area contributed by atoms with Gasteiger partial charge in [0, 0.05) is 35.6 Å². The van der Waals surface area contributed by atoms with Gasteiger partial charge in [0.05, 0.1) is 5.84 Å². The zero-order valence-electron chi connectivity index (χ0n) is 8.42. The highest BCUT2D eigenvalue weighted by Gasteiger charge is 2.07. The third-order valence-electron chi connectivity index (χ3n) is 2.42. The quantitative estimate of drug-likeness (QED) is 0.594. The van der Waals surface area contributed by atoms with Crippen LogP contribution in [0.1, 0.15) is 5.56 Å². The van der Waals surface area contributed by atoms with E-state index in [2.05, 4.69) is 0 Å². The standard InChI is InChI=1S/C11H12ClN3/c1-15-6-7(4-11(13)14)9-3-2-8(12)5-10(9)15/h2-3,5-6H,4H2,1H3,(H3,13,14). The fourth-order valence-corrected chi connectivity index (χ4v) is 1.95. The Hall–Kier alpha value is -1.48. The molecule has 0 saturated heterocycles. The first-order valence-corrected chi connectivity index (χ1v) is 5.02. The molecule has 4 heteroatoms. The summed E-state index contributed by atoms with van der Waals surface area (Å²) in [6, 6.07) is 5.74. The molecule has 1 aromatic heterocycles. The van der Waals surface area contributed by atoms with E-state index >= 15 is 0 Å². The highest BCUT2D eigenvalue weighted by atomic mass is 35.5. The number of fused-ring (bicyclic) bond motifs is 1. The summed E-state index contributed by atoms with van der Waals surface area (Å²) in [5.74, 6) is 0.178. The number of aryl methyl sites for hydroxylation is 1. The van der Waals surface area contributed by atoms with E-state index in [1.54, 1.807) is 0 Å². The predicted molar refractivity (Wildman–Crippen MR) is 63.5 cm³/mol. The van der Waals surface area contributed by atoms with Crippen LogP contribution in [-0.4, -0.2) is 10.4 Å². The maximum atomic E-state index is 7.30.